The zero-order chi connectivity index (χ0) is 15.6. The van der Waals surface area contributed by atoms with Crippen molar-refractivity contribution in [3.8, 4) is 0 Å². The van der Waals surface area contributed by atoms with Crippen LogP contribution in [0.4, 0.5) is 5.82 Å². The van der Waals surface area contributed by atoms with Crippen molar-refractivity contribution in [2.24, 2.45) is 0 Å². The first kappa shape index (κ1) is 14.6. The van der Waals surface area contributed by atoms with E-state index < -0.39 is 0 Å². The zero-order valence-electron chi connectivity index (χ0n) is 13.2. The molecule has 4 rings (SSSR count). The SMILES string of the molecule is CCc1cc2c(NCc3nnc4n3CCCCC4)ncnc2s1. The fourth-order valence-electron chi connectivity index (χ4n) is 3.06. The van der Waals surface area contributed by atoms with Crippen molar-refractivity contribution in [1.29, 1.82) is 0 Å². The number of nitrogens with one attached hydrogen (secondary N) is 1. The molecule has 0 atom stereocenters. The lowest BCUT2D eigenvalue weighted by Crippen LogP contribution is -2.11. The van der Waals surface area contributed by atoms with Crippen molar-refractivity contribution in [2.75, 3.05) is 5.32 Å². The van der Waals surface area contributed by atoms with E-state index in [1.54, 1.807) is 17.7 Å². The maximum absolute atomic E-state index is 4.41. The van der Waals surface area contributed by atoms with Gasteiger partial charge in [-0.2, -0.15) is 0 Å². The van der Waals surface area contributed by atoms with Gasteiger partial charge in [-0.25, -0.2) is 9.97 Å². The molecule has 0 aromatic carbocycles. The van der Waals surface area contributed by atoms with E-state index in [0.29, 0.717) is 6.54 Å². The van der Waals surface area contributed by atoms with E-state index in [0.717, 1.165) is 47.1 Å². The van der Waals surface area contributed by atoms with Gasteiger partial charge >= 0.3 is 0 Å². The zero-order valence-corrected chi connectivity index (χ0v) is 14.1. The second kappa shape index (κ2) is 6.23. The minimum absolute atomic E-state index is 0.649. The summed E-state index contributed by atoms with van der Waals surface area (Å²) in [5.74, 6) is 3.01. The maximum atomic E-state index is 4.41. The van der Waals surface area contributed by atoms with Crippen molar-refractivity contribution in [2.45, 2.75) is 52.1 Å². The highest BCUT2D eigenvalue weighted by Crippen LogP contribution is 2.28. The number of aromatic nitrogens is 5. The van der Waals surface area contributed by atoms with Gasteiger partial charge in [0, 0.05) is 17.8 Å². The molecule has 0 fully saturated rings. The van der Waals surface area contributed by atoms with Crippen LogP contribution in [0, 0.1) is 0 Å². The molecule has 3 aromatic heterocycles. The molecule has 0 radical (unpaired) electrons. The van der Waals surface area contributed by atoms with E-state index in [1.165, 1.54) is 24.1 Å². The number of rotatable bonds is 4. The first-order chi connectivity index (χ1) is 11.3. The molecular weight excluding hydrogens is 308 g/mol. The molecule has 1 aliphatic heterocycles. The predicted molar refractivity (Wildman–Crippen MR) is 91.7 cm³/mol. The van der Waals surface area contributed by atoms with Gasteiger partial charge in [0.2, 0.25) is 0 Å². The Morgan fingerprint density at radius 2 is 2.17 bits per heavy atom. The summed E-state index contributed by atoms with van der Waals surface area (Å²) in [5, 5.41) is 13.2. The fraction of sp³-hybridized carbons (Fsp3) is 0.500. The standard InChI is InChI=1S/C16H20N6S/c1-2-11-8-12-15(18-10-19-16(12)23-11)17-9-14-21-20-13-6-4-3-5-7-22(13)14/h8,10H,2-7,9H2,1H3,(H,17,18,19). The van der Waals surface area contributed by atoms with Crippen LogP contribution in [0.1, 0.15) is 42.7 Å². The summed E-state index contributed by atoms with van der Waals surface area (Å²) in [6, 6.07) is 2.19. The van der Waals surface area contributed by atoms with Crippen molar-refractivity contribution < 1.29 is 0 Å². The van der Waals surface area contributed by atoms with Crippen LogP contribution in [0.3, 0.4) is 0 Å². The average Bonchev–Trinajstić information content (AvgIpc) is 3.10. The lowest BCUT2D eigenvalue weighted by molar-refractivity contribution is 0.610. The molecule has 0 spiro atoms. The third-order valence-electron chi connectivity index (χ3n) is 4.33. The molecule has 0 saturated heterocycles. The molecule has 0 amide bonds. The van der Waals surface area contributed by atoms with Crippen LogP contribution in [-0.2, 0) is 25.9 Å². The first-order valence-electron chi connectivity index (χ1n) is 8.23. The molecule has 0 bridgehead atoms. The Labute approximate surface area is 139 Å². The summed E-state index contributed by atoms with van der Waals surface area (Å²) < 4.78 is 2.27. The Bertz CT molecular complexity index is 821. The molecule has 3 aromatic rings. The monoisotopic (exact) mass is 328 g/mol. The fourth-order valence-corrected chi connectivity index (χ4v) is 3.99. The number of anilines is 1. The summed E-state index contributed by atoms with van der Waals surface area (Å²) in [5.41, 5.74) is 0. The normalized spacial score (nSPS) is 14.7. The van der Waals surface area contributed by atoms with Gasteiger partial charge in [-0.3, -0.25) is 0 Å². The molecule has 23 heavy (non-hydrogen) atoms. The van der Waals surface area contributed by atoms with E-state index >= 15 is 0 Å². The molecule has 6 nitrogen and oxygen atoms in total. The van der Waals surface area contributed by atoms with Crippen molar-refractivity contribution >= 4 is 27.4 Å². The summed E-state index contributed by atoms with van der Waals surface area (Å²) >= 11 is 1.74. The van der Waals surface area contributed by atoms with Gasteiger partial charge in [-0.05, 0) is 25.3 Å². The predicted octanol–water partition coefficient (Wildman–Crippen LogP) is 3.18. The lowest BCUT2D eigenvalue weighted by Gasteiger charge is -2.09. The van der Waals surface area contributed by atoms with Gasteiger partial charge in [0.05, 0.1) is 11.9 Å². The third-order valence-corrected chi connectivity index (χ3v) is 5.52. The number of fused-ring (bicyclic) bond motifs is 2. The molecule has 1 N–H and O–H groups in total. The second-order valence-corrected chi connectivity index (χ2v) is 6.97. The lowest BCUT2D eigenvalue weighted by atomic mass is 10.2. The number of thiophene rings is 1. The molecule has 0 aliphatic carbocycles. The van der Waals surface area contributed by atoms with Crippen LogP contribution in [0.5, 0.6) is 0 Å². The van der Waals surface area contributed by atoms with Crippen LogP contribution >= 0.6 is 11.3 Å². The van der Waals surface area contributed by atoms with Crippen LogP contribution in [0.2, 0.25) is 0 Å². The van der Waals surface area contributed by atoms with Crippen molar-refractivity contribution in [3.63, 3.8) is 0 Å². The van der Waals surface area contributed by atoms with Gasteiger partial charge in [0.15, 0.2) is 5.82 Å². The van der Waals surface area contributed by atoms with Gasteiger partial charge in [0.25, 0.3) is 0 Å². The largest absolute Gasteiger partial charge is 0.362 e. The Hall–Kier alpha value is -2.02. The Balaban J connectivity index is 1.58. The number of aryl methyl sites for hydroxylation is 2. The van der Waals surface area contributed by atoms with Gasteiger partial charge in [-0.1, -0.05) is 13.3 Å². The minimum Gasteiger partial charge on any atom is -0.362 e. The summed E-state index contributed by atoms with van der Waals surface area (Å²) in [7, 11) is 0. The summed E-state index contributed by atoms with van der Waals surface area (Å²) in [6.07, 6.45) is 7.39. The highest BCUT2D eigenvalue weighted by molar-refractivity contribution is 7.18. The highest BCUT2D eigenvalue weighted by Gasteiger charge is 2.15. The quantitative estimate of drug-likeness (QED) is 0.796. The Morgan fingerprint density at radius 3 is 3.09 bits per heavy atom. The van der Waals surface area contributed by atoms with Gasteiger partial charge in [-0.15, -0.1) is 21.5 Å². The molecule has 1 aliphatic rings. The van der Waals surface area contributed by atoms with Gasteiger partial charge < -0.3 is 9.88 Å². The van der Waals surface area contributed by atoms with E-state index in [2.05, 4.69) is 43.0 Å². The third kappa shape index (κ3) is 2.81. The summed E-state index contributed by atoms with van der Waals surface area (Å²) in [4.78, 5) is 11.2. The van der Waals surface area contributed by atoms with E-state index in [1.807, 2.05) is 0 Å². The van der Waals surface area contributed by atoms with E-state index in [-0.39, 0.29) is 0 Å². The van der Waals surface area contributed by atoms with Crippen LogP contribution in [-0.4, -0.2) is 24.7 Å². The van der Waals surface area contributed by atoms with Crippen LogP contribution in [0.25, 0.3) is 10.2 Å². The minimum atomic E-state index is 0.649. The number of nitrogens with zero attached hydrogens (tertiary/aromatic N) is 5. The van der Waals surface area contributed by atoms with Crippen LogP contribution < -0.4 is 5.32 Å². The number of hydrogen-bond acceptors (Lipinski definition) is 6. The van der Waals surface area contributed by atoms with E-state index in [4.69, 9.17) is 0 Å². The molecule has 0 saturated carbocycles. The highest BCUT2D eigenvalue weighted by atomic mass is 32.1. The summed E-state index contributed by atoms with van der Waals surface area (Å²) in [6.45, 7) is 3.84. The molecule has 7 heteroatoms. The van der Waals surface area contributed by atoms with Crippen molar-refractivity contribution in [1.82, 2.24) is 24.7 Å². The molecule has 4 heterocycles. The van der Waals surface area contributed by atoms with Crippen LogP contribution in [0.15, 0.2) is 12.4 Å². The second-order valence-electron chi connectivity index (χ2n) is 5.86. The maximum Gasteiger partial charge on any atom is 0.152 e. The topological polar surface area (TPSA) is 68.5 Å². The molecule has 0 unspecified atom stereocenters. The Morgan fingerprint density at radius 1 is 1.22 bits per heavy atom. The molecular formula is C16H20N6S. The van der Waals surface area contributed by atoms with Gasteiger partial charge in [0.1, 0.15) is 22.8 Å². The average molecular weight is 328 g/mol. The number of hydrogen-bond donors (Lipinski definition) is 1. The van der Waals surface area contributed by atoms with E-state index in [9.17, 15) is 0 Å². The Kier molecular flexibility index (Phi) is 3.95. The smallest absolute Gasteiger partial charge is 0.152 e. The van der Waals surface area contributed by atoms with Crippen molar-refractivity contribution in [3.05, 3.63) is 28.9 Å². The molecule has 120 valence electrons. The first-order valence-corrected chi connectivity index (χ1v) is 9.05.